The van der Waals surface area contributed by atoms with Gasteiger partial charge in [0.2, 0.25) is 0 Å². The minimum absolute atomic E-state index is 0.0525. The third kappa shape index (κ3) is 4.16. The molecule has 0 amide bonds. The van der Waals surface area contributed by atoms with E-state index in [1.807, 2.05) is 30.3 Å². The van der Waals surface area contributed by atoms with E-state index < -0.39 is 0 Å². The second kappa shape index (κ2) is 7.02. The van der Waals surface area contributed by atoms with Crippen molar-refractivity contribution in [1.29, 1.82) is 5.41 Å². The van der Waals surface area contributed by atoms with Crippen molar-refractivity contribution in [1.82, 2.24) is 4.90 Å². The maximum Gasteiger partial charge on any atom is 0.0995 e. The molecular weight excluding hydrogens is 334 g/mol. The topological polar surface area (TPSA) is 53.1 Å². The van der Waals surface area contributed by atoms with Gasteiger partial charge in [0, 0.05) is 13.1 Å². The molecule has 0 aliphatic carbocycles. The van der Waals surface area contributed by atoms with Gasteiger partial charge >= 0.3 is 0 Å². The summed E-state index contributed by atoms with van der Waals surface area (Å²) in [6.07, 6.45) is 0. The van der Waals surface area contributed by atoms with Crippen LogP contribution in [0.4, 0.5) is 0 Å². The van der Waals surface area contributed by atoms with Crippen LogP contribution in [0.2, 0.25) is 0 Å². The first-order chi connectivity index (χ1) is 9.56. The average molecular weight is 352 g/mol. The fourth-order valence-electron chi connectivity index (χ4n) is 2.19. The van der Waals surface area contributed by atoms with Gasteiger partial charge in [-0.15, -0.1) is 11.3 Å². The fraction of sp³-hybridized carbons (Fsp3) is 0.267. The maximum atomic E-state index is 7.81. The number of hydrogen-bond donors (Lipinski definition) is 2. The molecule has 0 aliphatic heterocycles. The molecule has 0 aliphatic rings. The van der Waals surface area contributed by atoms with Crippen LogP contribution in [-0.4, -0.2) is 24.3 Å². The van der Waals surface area contributed by atoms with Gasteiger partial charge in [-0.2, -0.15) is 0 Å². The second-order valence-electron chi connectivity index (χ2n) is 4.87. The first kappa shape index (κ1) is 15.2. The van der Waals surface area contributed by atoms with E-state index in [1.165, 1.54) is 5.56 Å². The summed E-state index contributed by atoms with van der Waals surface area (Å²) >= 11 is 5.17. The second-order valence-corrected chi connectivity index (χ2v) is 7.16. The Balaban J connectivity index is 2.03. The zero-order valence-corrected chi connectivity index (χ0v) is 13.7. The molecule has 0 saturated heterocycles. The van der Waals surface area contributed by atoms with E-state index in [0.717, 1.165) is 22.4 Å². The van der Waals surface area contributed by atoms with E-state index in [4.69, 9.17) is 11.1 Å². The lowest BCUT2D eigenvalue weighted by molar-refractivity contribution is 0.323. The first-order valence-electron chi connectivity index (χ1n) is 6.36. The van der Waals surface area contributed by atoms with Crippen molar-refractivity contribution in [2.24, 2.45) is 5.73 Å². The number of nitrogens with two attached hydrogens (primary N) is 1. The van der Waals surface area contributed by atoms with Gasteiger partial charge in [0.25, 0.3) is 0 Å². The average Bonchev–Trinajstić information content (AvgIpc) is 2.82. The Morgan fingerprint density at radius 2 is 2.10 bits per heavy atom. The predicted octanol–water partition coefficient (Wildman–Crippen LogP) is 3.66. The van der Waals surface area contributed by atoms with Gasteiger partial charge in [-0.1, -0.05) is 30.3 Å². The van der Waals surface area contributed by atoms with Gasteiger partial charge < -0.3 is 10.6 Å². The van der Waals surface area contributed by atoms with Crippen molar-refractivity contribution >= 4 is 33.1 Å². The molecule has 1 aromatic heterocycles. The minimum Gasteiger partial charge on any atom is -0.387 e. The van der Waals surface area contributed by atoms with Crippen LogP contribution < -0.4 is 5.73 Å². The lowest BCUT2D eigenvalue weighted by atomic mass is 9.97. The van der Waals surface area contributed by atoms with E-state index >= 15 is 0 Å². The quantitative estimate of drug-likeness (QED) is 0.616. The third-order valence-corrected chi connectivity index (χ3v) is 4.70. The monoisotopic (exact) mass is 351 g/mol. The molecule has 2 aromatic rings. The molecule has 1 atom stereocenters. The number of benzene rings is 1. The number of rotatable bonds is 6. The summed E-state index contributed by atoms with van der Waals surface area (Å²) < 4.78 is 1.15. The summed E-state index contributed by atoms with van der Waals surface area (Å²) in [6.45, 7) is 1.60. The molecule has 0 spiro atoms. The molecule has 106 valence electrons. The van der Waals surface area contributed by atoms with Crippen LogP contribution in [0.25, 0.3) is 0 Å². The number of hydrogen-bond acceptors (Lipinski definition) is 3. The van der Waals surface area contributed by atoms with Crippen LogP contribution in [0, 0.1) is 5.41 Å². The summed E-state index contributed by atoms with van der Waals surface area (Å²) in [5.41, 5.74) is 8.14. The lowest BCUT2D eigenvalue weighted by Crippen LogP contribution is -2.32. The van der Waals surface area contributed by atoms with Gasteiger partial charge in [-0.25, -0.2) is 0 Å². The van der Waals surface area contributed by atoms with E-state index in [2.05, 4.69) is 39.3 Å². The highest BCUT2D eigenvalue weighted by atomic mass is 79.9. The molecule has 1 heterocycles. The van der Waals surface area contributed by atoms with Gasteiger partial charge in [-0.3, -0.25) is 5.41 Å². The first-order valence-corrected chi connectivity index (χ1v) is 8.04. The van der Waals surface area contributed by atoms with Crippen molar-refractivity contribution in [3.8, 4) is 0 Å². The highest BCUT2D eigenvalue weighted by Gasteiger charge is 2.17. The largest absolute Gasteiger partial charge is 0.387 e. The van der Waals surface area contributed by atoms with Crippen molar-refractivity contribution in [2.45, 2.75) is 12.5 Å². The molecular formula is C15H18BrN3S. The Hall–Kier alpha value is -1.17. The molecule has 0 saturated carbocycles. The van der Waals surface area contributed by atoms with Crippen molar-refractivity contribution in [3.63, 3.8) is 0 Å². The summed E-state index contributed by atoms with van der Waals surface area (Å²) in [7, 11) is 2.06. The van der Waals surface area contributed by atoms with Gasteiger partial charge in [0.1, 0.15) is 0 Å². The Kier molecular flexibility index (Phi) is 5.34. The number of likely N-dealkylation sites (N-methyl/N-ethyl adjacent to an activating group) is 1. The molecule has 0 radical (unpaired) electrons. The molecule has 3 nitrogen and oxygen atoms in total. The number of nitrogens with one attached hydrogen (secondary N) is 1. The normalized spacial score (nSPS) is 12.6. The molecule has 0 fully saturated rings. The number of thiophene rings is 1. The van der Waals surface area contributed by atoms with Crippen LogP contribution in [0.1, 0.15) is 17.0 Å². The van der Waals surface area contributed by atoms with E-state index in [1.54, 1.807) is 11.3 Å². The van der Waals surface area contributed by atoms with Crippen molar-refractivity contribution in [3.05, 3.63) is 56.7 Å². The molecule has 2 rings (SSSR count). The zero-order chi connectivity index (χ0) is 14.5. The SMILES string of the molecule is CN(Cc1csc(Br)c1)CC(C(=N)N)c1ccccc1. The van der Waals surface area contributed by atoms with Crippen LogP contribution in [0.5, 0.6) is 0 Å². The van der Waals surface area contributed by atoms with E-state index in [0.29, 0.717) is 0 Å². The van der Waals surface area contributed by atoms with Crippen LogP contribution >= 0.6 is 27.3 Å². The standard InChI is InChI=1S/C15H18BrN3S/c1-19(8-11-7-14(16)20-10-11)9-13(15(17)18)12-5-3-2-4-6-12/h2-7,10,13H,8-9H2,1H3,(H3,17,18). The highest BCUT2D eigenvalue weighted by molar-refractivity contribution is 9.11. The smallest absolute Gasteiger partial charge is 0.0995 e. The van der Waals surface area contributed by atoms with Gasteiger partial charge in [0.15, 0.2) is 0 Å². The van der Waals surface area contributed by atoms with Crippen molar-refractivity contribution in [2.75, 3.05) is 13.6 Å². The molecule has 1 unspecified atom stereocenters. The van der Waals surface area contributed by atoms with Gasteiger partial charge in [0.05, 0.1) is 15.5 Å². The fourth-order valence-corrected chi connectivity index (χ4v) is 3.39. The third-order valence-electron chi connectivity index (χ3n) is 3.15. The lowest BCUT2D eigenvalue weighted by Gasteiger charge is -2.23. The molecule has 1 aromatic carbocycles. The van der Waals surface area contributed by atoms with Crippen LogP contribution in [0.15, 0.2) is 45.6 Å². The van der Waals surface area contributed by atoms with Crippen LogP contribution in [0.3, 0.4) is 0 Å². The number of halogens is 1. The summed E-state index contributed by atoms with van der Waals surface area (Å²) in [6, 6.07) is 12.1. The Morgan fingerprint density at radius 1 is 1.40 bits per heavy atom. The minimum atomic E-state index is -0.0525. The Bertz CT molecular complexity index is 568. The maximum absolute atomic E-state index is 7.81. The number of nitrogens with zero attached hydrogens (tertiary/aromatic N) is 1. The van der Waals surface area contributed by atoms with Gasteiger partial charge in [-0.05, 0) is 45.6 Å². The molecule has 3 N–H and O–H groups in total. The van der Waals surface area contributed by atoms with Crippen LogP contribution in [-0.2, 0) is 6.54 Å². The van der Waals surface area contributed by atoms with Crippen molar-refractivity contribution < 1.29 is 0 Å². The highest BCUT2D eigenvalue weighted by Crippen LogP contribution is 2.22. The molecule has 20 heavy (non-hydrogen) atoms. The Labute approximate surface area is 132 Å². The summed E-state index contributed by atoms with van der Waals surface area (Å²) in [5, 5.41) is 9.96. The summed E-state index contributed by atoms with van der Waals surface area (Å²) in [5.74, 6) is 0.165. The zero-order valence-electron chi connectivity index (χ0n) is 11.3. The predicted molar refractivity (Wildman–Crippen MR) is 89.5 cm³/mol. The van der Waals surface area contributed by atoms with E-state index in [9.17, 15) is 0 Å². The molecule has 0 bridgehead atoms. The summed E-state index contributed by atoms with van der Waals surface area (Å²) in [4.78, 5) is 2.20. The molecule has 5 heteroatoms. The number of amidine groups is 1. The van der Waals surface area contributed by atoms with E-state index in [-0.39, 0.29) is 11.8 Å². The Morgan fingerprint density at radius 3 is 2.65 bits per heavy atom.